The van der Waals surface area contributed by atoms with Crippen LogP contribution in [-0.4, -0.2) is 36.5 Å². The summed E-state index contributed by atoms with van der Waals surface area (Å²) < 4.78 is 1.60. The predicted octanol–water partition coefficient (Wildman–Crippen LogP) is 1.58. The molecule has 100 valence electrons. The first-order valence-electron chi connectivity index (χ1n) is 6.23. The number of aliphatic carboxylic acids is 1. The van der Waals surface area contributed by atoms with Crippen LogP contribution in [0, 0.1) is 11.8 Å². The molecule has 1 fully saturated rings. The van der Waals surface area contributed by atoms with E-state index < -0.39 is 5.97 Å². The fraction of sp³-hybridized carbons (Fsp3) is 0.818. The molecule has 7 heteroatoms. The molecule has 0 amide bonds. The number of nitrogens with zero attached hydrogens (tertiary/aromatic N) is 4. The van der Waals surface area contributed by atoms with Gasteiger partial charge in [0.25, 0.3) is 0 Å². The number of thioether (sulfide) groups is 1. The molecule has 0 radical (unpaired) electrons. The summed E-state index contributed by atoms with van der Waals surface area (Å²) in [6.07, 6.45) is 3.82. The van der Waals surface area contributed by atoms with Gasteiger partial charge in [-0.3, -0.25) is 4.79 Å². The minimum absolute atomic E-state index is 0.0749. The Morgan fingerprint density at radius 3 is 2.89 bits per heavy atom. The third-order valence-electron chi connectivity index (χ3n) is 3.63. The summed E-state index contributed by atoms with van der Waals surface area (Å²) in [5.74, 6) is -0.356. The molecule has 6 nitrogen and oxygen atoms in total. The van der Waals surface area contributed by atoms with Crippen molar-refractivity contribution in [3.63, 3.8) is 0 Å². The van der Waals surface area contributed by atoms with Gasteiger partial charge in [0.05, 0.1) is 5.92 Å². The van der Waals surface area contributed by atoms with Crippen molar-refractivity contribution in [2.24, 2.45) is 18.9 Å². The number of carbonyl (C=O) groups is 1. The molecule has 1 aromatic rings. The average molecular weight is 270 g/mol. The summed E-state index contributed by atoms with van der Waals surface area (Å²) in [5.41, 5.74) is 0. The number of hydrogen-bond acceptors (Lipinski definition) is 5. The molecule has 0 aromatic carbocycles. The Morgan fingerprint density at radius 1 is 1.56 bits per heavy atom. The van der Waals surface area contributed by atoms with Crippen LogP contribution in [0.5, 0.6) is 0 Å². The molecule has 1 heterocycles. The standard InChI is InChI=1S/C11H18N4O2S/c1-3-7-4-5-8(10(16)17)9(6-7)18-11-12-13-14-15(11)2/h7-9H,3-6H2,1-2H3,(H,16,17). The van der Waals surface area contributed by atoms with E-state index in [1.54, 1.807) is 11.7 Å². The number of carboxylic acid groups (broad SMARTS) is 1. The Kier molecular flexibility index (Phi) is 4.21. The van der Waals surface area contributed by atoms with Gasteiger partial charge >= 0.3 is 5.97 Å². The molecule has 0 bridgehead atoms. The van der Waals surface area contributed by atoms with E-state index in [9.17, 15) is 9.90 Å². The monoisotopic (exact) mass is 270 g/mol. The van der Waals surface area contributed by atoms with Crippen molar-refractivity contribution in [1.29, 1.82) is 0 Å². The summed E-state index contributed by atoms with van der Waals surface area (Å²) in [5, 5.41) is 21.4. The van der Waals surface area contributed by atoms with Crippen molar-refractivity contribution in [1.82, 2.24) is 20.2 Å². The number of tetrazole rings is 1. The van der Waals surface area contributed by atoms with Gasteiger partial charge in [-0.05, 0) is 35.6 Å². The zero-order chi connectivity index (χ0) is 13.1. The number of hydrogen-bond donors (Lipinski definition) is 1. The molecule has 3 unspecified atom stereocenters. The van der Waals surface area contributed by atoms with Crippen molar-refractivity contribution in [3.05, 3.63) is 0 Å². The van der Waals surface area contributed by atoms with E-state index in [4.69, 9.17) is 0 Å². The van der Waals surface area contributed by atoms with Crippen LogP contribution in [0.2, 0.25) is 0 Å². The van der Waals surface area contributed by atoms with Gasteiger partial charge in [-0.15, -0.1) is 5.10 Å². The SMILES string of the molecule is CCC1CCC(C(=O)O)C(Sc2nnnn2C)C1. The first-order chi connectivity index (χ1) is 8.61. The van der Waals surface area contributed by atoms with Crippen LogP contribution in [0.4, 0.5) is 0 Å². The van der Waals surface area contributed by atoms with Gasteiger partial charge in [-0.1, -0.05) is 25.1 Å². The molecule has 0 aliphatic heterocycles. The molecular weight excluding hydrogens is 252 g/mol. The van der Waals surface area contributed by atoms with Crippen molar-refractivity contribution < 1.29 is 9.90 Å². The number of carboxylic acids is 1. The third kappa shape index (κ3) is 2.82. The topological polar surface area (TPSA) is 80.9 Å². The number of aromatic nitrogens is 4. The van der Waals surface area contributed by atoms with Crippen LogP contribution in [0.3, 0.4) is 0 Å². The smallest absolute Gasteiger partial charge is 0.307 e. The molecule has 1 aromatic heterocycles. The molecule has 3 atom stereocenters. The molecule has 0 spiro atoms. The normalized spacial score (nSPS) is 28.2. The maximum absolute atomic E-state index is 11.3. The summed E-state index contributed by atoms with van der Waals surface area (Å²) in [6.45, 7) is 2.16. The Hall–Kier alpha value is -1.11. The third-order valence-corrected chi connectivity index (χ3v) is 5.01. The lowest BCUT2D eigenvalue weighted by Crippen LogP contribution is -2.32. The van der Waals surface area contributed by atoms with E-state index in [1.807, 2.05) is 0 Å². The van der Waals surface area contributed by atoms with Crippen LogP contribution in [0.15, 0.2) is 5.16 Å². The molecule has 18 heavy (non-hydrogen) atoms. The van der Waals surface area contributed by atoms with Crippen molar-refractivity contribution >= 4 is 17.7 Å². The second-order valence-electron chi connectivity index (χ2n) is 4.77. The van der Waals surface area contributed by atoms with E-state index in [1.165, 1.54) is 11.8 Å². The second kappa shape index (κ2) is 5.69. The Labute approximate surface area is 110 Å². The maximum atomic E-state index is 11.3. The minimum atomic E-state index is -0.697. The molecule has 1 N–H and O–H groups in total. The highest BCUT2D eigenvalue weighted by Gasteiger charge is 2.36. The van der Waals surface area contributed by atoms with Gasteiger partial charge in [0.15, 0.2) is 0 Å². The lowest BCUT2D eigenvalue weighted by Gasteiger charge is -2.32. The highest BCUT2D eigenvalue weighted by molar-refractivity contribution is 7.99. The molecule has 1 saturated carbocycles. The highest BCUT2D eigenvalue weighted by atomic mass is 32.2. The molecule has 1 aliphatic carbocycles. The van der Waals surface area contributed by atoms with E-state index in [0.29, 0.717) is 11.1 Å². The lowest BCUT2D eigenvalue weighted by molar-refractivity contribution is -0.142. The van der Waals surface area contributed by atoms with E-state index in [2.05, 4.69) is 22.4 Å². The van der Waals surface area contributed by atoms with Gasteiger partial charge in [0, 0.05) is 12.3 Å². The predicted molar refractivity (Wildman–Crippen MR) is 67.2 cm³/mol. The summed E-state index contributed by atoms with van der Waals surface area (Å²) in [7, 11) is 1.78. The van der Waals surface area contributed by atoms with Gasteiger partial charge in [0.1, 0.15) is 0 Å². The van der Waals surface area contributed by atoms with Crippen molar-refractivity contribution in [2.45, 2.75) is 43.0 Å². The van der Waals surface area contributed by atoms with Crippen LogP contribution in [0.25, 0.3) is 0 Å². The highest BCUT2D eigenvalue weighted by Crippen LogP contribution is 2.40. The fourth-order valence-corrected chi connectivity index (χ4v) is 3.78. The maximum Gasteiger partial charge on any atom is 0.307 e. The first kappa shape index (κ1) is 13.3. The van der Waals surface area contributed by atoms with Crippen LogP contribution >= 0.6 is 11.8 Å². The zero-order valence-corrected chi connectivity index (χ0v) is 11.4. The van der Waals surface area contributed by atoms with Gasteiger partial charge in [-0.25, -0.2) is 4.68 Å². The quantitative estimate of drug-likeness (QED) is 0.894. The van der Waals surface area contributed by atoms with E-state index in [0.717, 1.165) is 25.7 Å². The summed E-state index contributed by atoms with van der Waals surface area (Å²) in [6, 6.07) is 0. The van der Waals surface area contributed by atoms with Crippen molar-refractivity contribution in [2.75, 3.05) is 0 Å². The fourth-order valence-electron chi connectivity index (χ4n) is 2.45. The van der Waals surface area contributed by atoms with Gasteiger partial charge in [0.2, 0.25) is 5.16 Å². The lowest BCUT2D eigenvalue weighted by atomic mass is 9.80. The zero-order valence-electron chi connectivity index (χ0n) is 10.6. The Balaban J connectivity index is 2.10. The molecule has 0 saturated heterocycles. The van der Waals surface area contributed by atoms with Gasteiger partial charge < -0.3 is 5.11 Å². The molecule has 1 aliphatic rings. The Bertz CT molecular complexity index is 423. The second-order valence-corrected chi connectivity index (χ2v) is 5.98. The van der Waals surface area contributed by atoms with Crippen LogP contribution in [-0.2, 0) is 11.8 Å². The summed E-state index contributed by atoms with van der Waals surface area (Å²) in [4.78, 5) is 11.3. The average Bonchev–Trinajstić information content (AvgIpc) is 2.74. The summed E-state index contributed by atoms with van der Waals surface area (Å²) >= 11 is 1.50. The largest absolute Gasteiger partial charge is 0.481 e. The number of aryl methyl sites for hydroxylation is 1. The number of rotatable bonds is 4. The van der Waals surface area contributed by atoms with E-state index in [-0.39, 0.29) is 11.2 Å². The van der Waals surface area contributed by atoms with E-state index >= 15 is 0 Å². The Morgan fingerprint density at radius 2 is 2.33 bits per heavy atom. The molecular formula is C11H18N4O2S. The minimum Gasteiger partial charge on any atom is -0.481 e. The van der Waals surface area contributed by atoms with Crippen molar-refractivity contribution in [3.8, 4) is 0 Å². The van der Waals surface area contributed by atoms with Crippen LogP contribution < -0.4 is 0 Å². The van der Waals surface area contributed by atoms with Gasteiger partial charge in [-0.2, -0.15) is 0 Å². The van der Waals surface area contributed by atoms with Crippen LogP contribution in [0.1, 0.15) is 32.6 Å². The molecule has 2 rings (SSSR count). The first-order valence-corrected chi connectivity index (χ1v) is 7.11.